The second-order valence-corrected chi connectivity index (χ2v) is 6.11. The van der Waals surface area contributed by atoms with Crippen LogP contribution in [-0.2, 0) is 0 Å². The molecule has 114 valence electrons. The van der Waals surface area contributed by atoms with Gasteiger partial charge in [-0.2, -0.15) is 0 Å². The molecule has 2 atom stereocenters. The summed E-state index contributed by atoms with van der Waals surface area (Å²) in [6.45, 7) is 9.91. The third-order valence-corrected chi connectivity index (χ3v) is 4.12. The second-order valence-electron chi connectivity index (χ2n) is 6.11. The van der Waals surface area contributed by atoms with Crippen molar-refractivity contribution in [2.75, 3.05) is 6.54 Å². The van der Waals surface area contributed by atoms with Crippen molar-refractivity contribution in [1.29, 1.82) is 0 Å². The average molecular weight is 284 g/mol. The maximum absolute atomic E-state index is 4.67. The van der Waals surface area contributed by atoms with Crippen LogP contribution in [0.4, 0.5) is 0 Å². The normalized spacial score (nSPS) is 14.3. The third-order valence-electron chi connectivity index (χ3n) is 4.12. The summed E-state index contributed by atoms with van der Waals surface area (Å²) in [6, 6.07) is 11.2. The Labute approximate surface area is 129 Å². The van der Waals surface area contributed by atoms with E-state index in [-0.39, 0.29) is 0 Å². The molecule has 0 spiro atoms. The minimum Gasteiger partial charge on any atom is -0.310 e. The van der Waals surface area contributed by atoms with Crippen molar-refractivity contribution < 1.29 is 0 Å². The van der Waals surface area contributed by atoms with Gasteiger partial charge in [-0.25, -0.2) is 0 Å². The van der Waals surface area contributed by atoms with E-state index in [1.165, 1.54) is 30.2 Å². The standard InChI is InChI=1S/C19H28N2/c1-5-9-14(3)12-19(20-6-2)17-13-15(4)21-18-11-8-7-10-16(17)18/h7-8,10-11,13-14,19-20H,5-6,9,12H2,1-4H3. The summed E-state index contributed by atoms with van der Waals surface area (Å²) in [5.41, 5.74) is 3.62. The van der Waals surface area contributed by atoms with Crippen molar-refractivity contribution in [2.24, 2.45) is 5.92 Å². The van der Waals surface area contributed by atoms with Crippen molar-refractivity contribution in [3.05, 3.63) is 41.6 Å². The third kappa shape index (κ3) is 4.04. The molecule has 21 heavy (non-hydrogen) atoms. The number of rotatable bonds is 7. The summed E-state index contributed by atoms with van der Waals surface area (Å²) >= 11 is 0. The lowest BCUT2D eigenvalue weighted by Crippen LogP contribution is -2.23. The number of benzene rings is 1. The molecule has 0 aliphatic rings. The van der Waals surface area contributed by atoms with Crippen LogP contribution < -0.4 is 5.32 Å². The predicted octanol–water partition coefficient (Wildman–Crippen LogP) is 5.02. The van der Waals surface area contributed by atoms with E-state index in [2.05, 4.69) is 68.3 Å². The van der Waals surface area contributed by atoms with Gasteiger partial charge in [-0.1, -0.05) is 51.8 Å². The largest absolute Gasteiger partial charge is 0.310 e. The van der Waals surface area contributed by atoms with E-state index in [1.54, 1.807) is 0 Å². The number of hydrogen-bond acceptors (Lipinski definition) is 2. The molecule has 0 saturated heterocycles. The fourth-order valence-corrected chi connectivity index (χ4v) is 3.21. The highest BCUT2D eigenvalue weighted by molar-refractivity contribution is 5.82. The maximum atomic E-state index is 4.67. The van der Waals surface area contributed by atoms with Crippen LogP contribution >= 0.6 is 0 Å². The zero-order valence-corrected chi connectivity index (χ0v) is 13.8. The van der Waals surface area contributed by atoms with Crippen LogP contribution in [0.15, 0.2) is 30.3 Å². The van der Waals surface area contributed by atoms with E-state index >= 15 is 0 Å². The molecular formula is C19H28N2. The number of nitrogens with zero attached hydrogens (tertiary/aromatic N) is 1. The van der Waals surface area contributed by atoms with Crippen LogP contribution in [0.3, 0.4) is 0 Å². The van der Waals surface area contributed by atoms with Gasteiger partial charge in [-0.05, 0) is 43.5 Å². The molecule has 0 aliphatic heterocycles. The number of hydrogen-bond donors (Lipinski definition) is 1. The summed E-state index contributed by atoms with van der Waals surface area (Å²) in [6.07, 6.45) is 3.75. The number of aromatic nitrogens is 1. The number of aryl methyl sites for hydroxylation is 1. The van der Waals surface area contributed by atoms with Crippen molar-refractivity contribution in [3.63, 3.8) is 0 Å². The molecule has 0 saturated carbocycles. The summed E-state index contributed by atoms with van der Waals surface area (Å²) in [5.74, 6) is 0.742. The van der Waals surface area contributed by atoms with Crippen LogP contribution in [0.1, 0.15) is 57.3 Å². The first kappa shape index (κ1) is 16.0. The van der Waals surface area contributed by atoms with Gasteiger partial charge >= 0.3 is 0 Å². The molecule has 0 aliphatic carbocycles. The molecule has 1 heterocycles. The summed E-state index contributed by atoms with van der Waals surface area (Å²) in [4.78, 5) is 4.67. The zero-order valence-electron chi connectivity index (χ0n) is 13.8. The summed E-state index contributed by atoms with van der Waals surface area (Å²) in [7, 11) is 0. The average Bonchev–Trinajstić information content (AvgIpc) is 2.46. The lowest BCUT2D eigenvalue weighted by Gasteiger charge is -2.24. The van der Waals surface area contributed by atoms with Crippen LogP contribution in [0.2, 0.25) is 0 Å². The van der Waals surface area contributed by atoms with E-state index in [9.17, 15) is 0 Å². The molecule has 2 aromatic rings. The first-order valence-electron chi connectivity index (χ1n) is 8.25. The Hall–Kier alpha value is -1.41. The van der Waals surface area contributed by atoms with Gasteiger partial charge < -0.3 is 5.32 Å². The molecule has 1 aromatic carbocycles. The van der Waals surface area contributed by atoms with Crippen LogP contribution in [0.25, 0.3) is 10.9 Å². The topological polar surface area (TPSA) is 24.9 Å². The monoisotopic (exact) mass is 284 g/mol. The lowest BCUT2D eigenvalue weighted by atomic mass is 9.91. The molecule has 0 radical (unpaired) electrons. The molecule has 0 amide bonds. The maximum Gasteiger partial charge on any atom is 0.0708 e. The molecule has 1 aromatic heterocycles. The minimum atomic E-state index is 0.420. The molecule has 0 bridgehead atoms. The van der Waals surface area contributed by atoms with Gasteiger partial charge in [0.25, 0.3) is 0 Å². The first-order chi connectivity index (χ1) is 10.2. The number of para-hydroxylation sites is 1. The van der Waals surface area contributed by atoms with E-state index in [0.717, 1.165) is 23.7 Å². The van der Waals surface area contributed by atoms with Crippen molar-refractivity contribution >= 4 is 10.9 Å². The fourth-order valence-electron chi connectivity index (χ4n) is 3.21. The van der Waals surface area contributed by atoms with Crippen LogP contribution in [0, 0.1) is 12.8 Å². The highest BCUT2D eigenvalue weighted by Crippen LogP contribution is 2.29. The van der Waals surface area contributed by atoms with Gasteiger partial charge in [-0.3, -0.25) is 4.98 Å². The summed E-state index contributed by atoms with van der Waals surface area (Å²) in [5, 5.41) is 4.97. The Bertz CT molecular complexity index is 577. The Morgan fingerprint density at radius 2 is 1.95 bits per heavy atom. The van der Waals surface area contributed by atoms with Gasteiger partial charge in [0.2, 0.25) is 0 Å². The van der Waals surface area contributed by atoms with Gasteiger partial charge in [0, 0.05) is 17.1 Å². The Balaban J connectivity index is 2.39. The van der Waals surface area contributed by atoms with Crippen molar-refractivity contribution in [1.82, 2.24) is 10.3 Å². The Kier molecular flexibility index (Phi) is 5.75. The lowest BCUT2D eigenvalue weighted by molar-refractivity contribution is 0.396. The molecule has 2 unspecified atom stereocenters. The van der Waals surface area contributed by atoms with Gasteiger partial charge in [0.15, 0.2) is 0 Å². The smallest absolute Gasteiger partial charge is 0.0708 e. The number of nitrogens with one attached hydrogen (secondary N) is 1. The quantitative estimate of drug-likeness (QED) is 0.772. The Morgan fingerprint density at radius 1 is 1.19 bits per heavy atom. The predicted molar refractivity (Wildman–Crippen MR) is 91.6 cm³/mol. The number of pyridine rings is 1. The van der Waals surface area contributed by atoms with E-state index in [0.29, 0.717) is 6.04 Å². The SMILES string of the molecule is CCCC(C)CC(NCC)c1cc(C)nc2ccccc12. The molecular weight excluding hydrogens is 256 g/mol. The van der Waals surface area contributed by atoms with Crippen molar-refractivity contribution in [2.45, 2.75) is 53.0 Å². The minimum absolute atomic E-state index is 0.420. The molecule has 1 N–H and O–H groups in total. The molecule has 0 fully saturated rings. The van der Waals surface area contributed by atoms with Gasteiger partial charge in [0.1, 0.15) is 0 Å². The Morgan fingerprint density at radius 3 is 2.67 bits per heavy atom. The van der Waals surface area contributed by atoms with E-state index in [1.807, 2.05) is 0 Å². The first-order valence-corrected chi connectivity index (χ1v) is 8.25. The molecule has 2 heteroatoms. The molecule has 2 rings (SSSR count). The second kappa shape index (κ2) is 7.56. The summed E-state index contributed by atoms with van der Waals surface area (Å²) < 4.78 is 0. The number of fused-ring (bicyclic) bond motifs is 1. The van der Waals surface area contributed by atoms with E-state index in [4.69, 9.17) is 0 Å². The van der Waals surface area contributed by atoms with Gasteiger partial charge in [-0.15, -0.1) is 0 Å². The van der Waals surface area contributed by atoms with E-state index < -0.39 is 0 Å². The zero-order chi connectivity index (χ0) is 15.2. The van der Waals surface area contributed by atoms with Gasteiger partial charge in [0.05, 0.1) is 5.52 Å². The fraction of sp³-hybridized carbons (Fsp3) is 0.526. The van der Waals surface area contributed by atoms with Crippen molar-refractivity contribution in [3.8, 4) is 0 Å². The van der Waals surface area contributed by atoms with Crippen LogP contribution in [-0.4, -0.2) is 11.5 Å². The molecule has 2 nitrogen and oxygen atoms in total. The highest BCUT2D eigenvalue weighted by Gasteiger charge is 2.17. The van der Waals surface area contributed by atoms with Crippen LogP contribution in [0.5, 0.6) is 0 Å². The highest BCUT2D eigenvalue weighted by atomic mass is 14.9.